The van der Waals surface area contributed by atoms with E-state index in [-0.39, 0.29) is 17.2 Å². The zero-order valence-corrected chi connectivity index (χ0v) is 13.5. The van der Waals surface area contributed by atoms with Crippen molar-refractivity contribution in [1.29, 1.82) is 0 Å². The minimum absolute atomic E-state index is 0.291. The summed E-state index contributed by atoms with van der Waals surface area (Å²) in [4.78, 5) is 37.4. The summed E-state index contributed by atoms with van der Waals surface area (Å²) >= 11 is 1.42. The first-order chi connectivity index (χ1) is 10.2. The molecule has 7 nitrogen and oxygen atoms in total. The van der Waals surface area contributed by atoms with Crippen LogP contribution in [0.4, 0.5) is 0 Å². The van der Waals surface area contributed by atoms with Crippen LogP contribution in [0, 0.1) is 0 Å². The van der Waals surface area contributed by atoms with Gasteiger partial charge < -0.3 is 21.1 Å². The zero-order valence-electron chi connectivity index (χ0n) is 12.7. The summed E-state index contributed by atoms with van der Waals surface area (Å²) < 4.78 is -0.584. The van der Waals surface area contributed by atoms with Gasteiger partial charge in [0.1, 0.15) is 17.5 Å². The second-order valence-electron chi connectivity index (χ2n) is 6.91. The number of carboxylic acids is 1. The second-order valence-corrected chi connectivity index (χ2v) is 8.68. The van der Waals surface area contributed by atoms with E-state index in [9.17, 15) is 19.5 Å². The van der Waals surface area contributed by atoms with E-state index in [4.69, 9.17) is 5.73 Å². The average Bonchev–Trinajstić information content (AvgIpc) is 2.96. The number of carbonyl (C=O) groups is 3. The smallest absolute Gasteiger partial charge is 0.327 e. The lowest BCUT2D eigenvalue weighted by molar-refractivity contribution is -0.161. The van der Waals surface area contributed by atoms with E-state index in [2.05, 4.69) is 5.32 Å². The number of carbonyl (C=O) groups excluding carboxylic acids is 2. The summed E-state index contributed by atoms with van der Waals surface area (Å²) in [5, 5.41) is 11.8. The highest BCUT2D eigenvalue weighted by molar-refractivity contribution is 8.01. The standard InChI is InChI=1S/C14H21N3O4S/c1-13(2)8(11(19)20)17-9(18)7(10(17)22-13)16-12(21)14(15)5-3-4-6-14/h7-8,10H,3-6,15H2,1-2H3,(H,16,21)(H,19,20)/t7?,8-,10+/m0/s1. The molecule has 3 aliphatic rings. The summed E-state index contributed by atoms with van der Waals surface area (Å²) in [7, 11) is 0. The number of hydrogen-bond acceptors (Lipinski definition) is 5. The van der Waals surface area contributed by atoms with Crippen LogP contribution in [0.25, 0.3) is 0 Å². The molecule has 0 aromatic heterocycles. The molecule has 0 spiro atoms. The molecule has 8 heteroatoms. The number of amides is 2. The lowest BCUT2D eigenvalue weighted by Crippen LogP contribution is -2.72. The molecule has 2 amide bonds. The Bertz CT molecular complexity index is 544. The van der Waals surface area contributed by atoms with Crippen molar-refractivity contribution in [1.82, 2.24) is 10.2 Å². The van der Waals surface area contributed by atoms with Crippen LogP contribution in [0.2, 0.25) is 0 Å². The maximum atomic E-state index is 12.3. The Hall–Kier alpha value is -1.28. The van der Waals surface area contributed by atoms with Gasteiger partial charge in [-0.3, -0.25) is 9.59 Å². The molecular formula is C14H21N3O4S. The van der Waals surface area contributed by atoms with Crippen LogP contribution in [0.5, 0.6) is 0 Å². The number of nitrogens with one attached hydrogen (secondary N) is 1. The molecular weight excluding hydrogens is 306 g/mol. The highest BCUT2D eigenvalue weighted by Crippen LogP contribution is 2.50. The molecule has 2 aliphatic heterocycles. The van der Waals surface area contributed by atoms with Crippen LogP contribution in [0.15, 0.2) is 0 Å². The van der Waals surface area contributed by atoms with Gasteiger partial charge in [-0.15, -0.1) is 11.8 Å². The van der Waals surface area contributed by atoms with Gasteiger partial charge >= 0.3 is 5.97 Å². The maximum absolute atomic E-state index is 12.3. The first-order valence-electron chi connectivity index (χ1n) is 7.50. The second kappa shape index (κ2) is 4.86. The summed E-state index contributed by atoms with van der Waals surface area (Å²) in [5.41, 5.74) is 5.22. The lowest BCUT2D eigenvalue weighted by atomic mass is 9.94. The lowest BCUT2D eigenvalue weighted by Gasteiger charge is -2.44. The highest BCUT2D eigenvalue weighted by Gasteiger charge is 2.64. The van der Waals surface area contributed by atoms with Gasteiger partial charge in [-0.05, 0) is 26.7 Å². The number of thioether (sulfide) groups is 1. The Labute approximate surface area is 133 Å². The van der Waals surface area contributed by atoms with E-state index in [1.807, 2.05) is 13.8 Å². The van der Waals surface area contributed by atoms with Crippen molar-refractivity contribution in [2.45, 2.75) is 67.3 Å². The molecule has 22 heavy (non-hydrogen) atoms. The van der Waals surface area contributed by atoms with Crippen LogP contribution >= 0.6 is 11.8 Å². The van der Waals surface area contributed by atoms with Gasteiger partial charge in [0.15, 0.2) is 0 Å². The summed E-state index contributed by atoms with van der Waals surface area (Å²) in [6.45, 7) is 3.62. The van der Waals surface area contributed by atoms with Crippen molar-refractivity contribution in [3.05, 3.63) is 0 Å². The van der Waals surface area contributed by atoms with Gasteiger partial charge in [-0.25, -0.2) is 4.79 Å². The molecule has 1 unspecified atom stereocenters. The predicted octanol–water partition coefficient (Wildman–Crippen LogP) is -0.110. The summed E-state index contributed by atoms with van der Waals surface area (Å²) in [6, 6.07) is -1.52. The number of nitrogens with zero attached hydrogens (tertiary/aromatic N) is 1. The largest absolute Gasteiger partial charge is 0.480 e. The monoisotopic (exact) mass is 327 g/mol. The number of rotatable bonds is 3. The minimum atomic E-state index is -1.01. The van der Waals surface area contributed by atoms with E-state index >= 15 is 0 Å². The molecule has 3 atom stereocenters. The van der Waals surface area contributed by atoms with Crippen molar-refractivity contribution in [2.24, 2.45) is 5.73 Å². The number of β-lactam (4-membered cyclic amide) rings is 1. The molecule has 2 heterocycles. The van der Waals surface area contributed by atoms with Crippen molar-refractivity contribution in [3.8, 4) is 0 Å². The zero-order chi connectivity index (χ0) is 16.3. The number of aliphatic carboxylic acids is 1. The van der Waals surface area contributed by atoms with Crippen molar-refractivity contribution < 1.29 is 19.5 Å². The van der Waals surface area contributed by atoms with Crippen LogP contribution in [-0.4, -0.2) is 55.5 Å². The van der Waals surface area contributed by atoms with Crippen LogP contribution in [-0.2, 0) is 14.4 Å². The number of nitrogens with two attached hydrogens (primary N) is 1. The van der Waals surface area contributed by atoms with Gasteiger partial charge in [0.05, 0.1) is 5.54 Å². The SMILES string of the molecule is CC1(C)S[C@@H]2C(NC(=O)C3(N)CCCC3)C(=O)N2[C@H]1C(=O)O. The molecule has 3 rings (SSSR count). The Morgan fingerprint density at radius 3 is 2.50 bits per heavy atom. The number of fused-ring (bicyclic) bond motifs is 1. The number of carboxylic acid groups (broad SMARTS) is 1. The fraction of sp³-hybridized carbons (Fsp3) is 0.786. The van der Waals surface area contributed by atoms with E-state index in [1.54, 1.807) is 0 Å². The Kier molecular flexibility index (Phi) is 3.45. The minimum Gasteiger partial charge on any atom is -0.480 e. The Morgan fingerprint density at radius 2 is 1.95 bits per heavy atom. The predicted molar refractivity (Wildman–Crippen MR) is 81.0 cm³/mol. The average molecular weight is 327 g/mol. The normalized spacial score (nSPS) is 35.0. The van der Waals surface area contributed by atoms with Gasteiger partial charge in [0, 0.05) is 4.75 Å². The molecule has 122 valence electrons. The number of hydrogen-bond donors (Lipinski definition) is 3. The van der Waals surface area contributed by atoms with Gasteiger partial charge in [0.25, 0.3) is 0 Å². The highest BCUT2D eigenvalue weighted by atomic mass is 32.2. The van der Waals surface area contributed by atoms with Crippen LogP contribution < -0.4 is 11.1 Å². The maximum Gasteiger partial charge on any atom is 0.327 e. The summed E-state index contributed by atoms with van der Waals surface area (Å²) in [5.74, 6) is -1.63. The molecule has 0 radical (unpaired) electrons. The van der Waals surface area contributed by atoms with E-state index in [1.165, 1.54) is 16.7 Å². The molecule has 2 saturated heterocycles. The fourth-order valence-electron chi connectivity index (χ4n) is 3.66. The van der Waals surface area contributed by atoms with Crippen LogP contribution in [0.1, 0.15) is 39.5 Å². The van der Waals surface area contributed by atoms with Crippen molar-refractivity contribution >= 4 is 29.5 Å². The summed E-state index contributed by atoms with van der Waals surface area (Å²) in [6.07, 6.45) is 3.09. The third-order valence-corrected chi connectivity index (χ3v) is 6.48. The first-order valence-corrected chi connectivity index (χ1v) is 8.38. The molecule has 1 aliphatic carbocycles. The molecule has 0 bridgehead atoms. The van der Waals surface area contributed by atoms with E-state index < -0.39 is 28.3 Å². The third kappa shape index (κ3) is 2.11. The van der Waals surface area contributed by atoms with Crippen molar-refractivity contribution in [3.63, 3.8) is 0 Å². The van der Waals surface area contributed by atoms with Crippen LogP contribution in [0.3, 0.4) is 0 Å². The molecule has 0 aromatic rings. The quantitative estimate of drug-likeness (QED) is 0.624. The Balaban J connectivity index is 1.73. The topological polar surface area (TPSA) is 113 Å². The van der Waals surface area contributed by atoms with Gasteiger partial charge in [-0.2, -0.15) is 0 Å². The fourth-order valence-corrected chi connectivity index (χ4v) is 5.29. The van der Waals surface area contributed by atoms with Gasteiger partial charge in [0.2, 0.25) is 11.8 Å². The molecule has 4 N–H and O–H groups in total. The molecule has 0 aromatic carbocycles. The van der Waals surface area contributed by atoms with Crippen molar-refractivity contribution in [2.75, 3.05) is 0 Å². The third-order valence-electron chi connectivity index (χ3n) is 4.91. The Morgan fingerprint density at radius 1 is 1.36 bits per heavy atom. The van der Waals surface area contributed by atoms with E-state index in [0.717, 1.165) is 12.8 Å². The van der Waals surface area contributed by atoms with Gasteiger partial charge in [-0.1, -0.05) is 12.8 Å². The first kappa shape index (κ1) is 15.6. The molecule has 1 saturated carbocycles. The molecule has 3 fully saturated rings. The van der Waals surface area contributed by atoms with E-state index in [0.29, 0.717) is 12.8 Å².